The van der Waals surface area contributed by atoms with Crippen LogP contribution in [0.4, 0.5) is 16.2 Å². The van der Waals surface area contributed by atoms with Gasteiger partial charge in [-0.3, -0.25) is 9.48 Å². The first-order valence-electron chi connectivity index (χ1n) is 9.35. The number of aromatic nitrogens is 2. The SMILES string of the molecule is CCCCn1ncc(NC(=O)Nc2cccc(CCC(=O)O)c2)c1C(C)C. The summed E-state index contributed by atoms with van der Waals surface area (Å²) in [5.74, 6) is -0.605. The van der Waals surface area contributed by atoms with Crippen LogP contribution < -0.4 is 10.6 Å². The molecule has 7 heteroatoms. The molecule has 1 heterocycles. The molecule has 0 unspecified atom stereocenters. The second kappa shape index (κ2) is 9.75. The highest BCUT2D eigenvalue weighted by molar-refractivity contribution is 6.00. The number of carboxylic acid groups (broad SMARTS) is 1. The lowest BCUT2D eigenvalue weighted by Gasteiger charge is -2.14. The topological polar surface area (TPSA) is 96.3 Å². The average Bonchev–Trinajstić information content (AvgIpc) is 3.01. The van der Waals surface area contributed by atoms with Gasteiger partial charge in [-0.25, -0.2) is 4.79 Å². The Morgan fingerprint density at radius 2 is 2.04 bits per heavy atom. The second-order valence-electron chi connectivity index (χ2n) is 6.85. The number of aryl methyl sites for hydroxylation is 2. The van der Waals surface area contributed by atoms with Gasteiger partial charge in [-0.15, -0.1) is 0 Å². The van der Waals surface area contributed by atoms with E-state index >= 15 is 0 Å². The minimum Gasteiger partial charge on any atom is -0.481 e. The number of hydrogen-bond donors (Lipinski definition) is 3. The predicted molar refractivity (Wildman–Crippen MR) is 106 cm³/mol. The molecule has 0 spiro atoms. The molecular weight excluding hydrogens is 344 g/mol. The van der Waals surface area contributed by atoms with Gasteiger partial charge in [0.25, 0.3) is 0 Å². The molecule has 0 aliphatic heterocycles. The van der Waals surface area contributed by atoms with Crippen molar-refractivity contribution in [2.45, 2.75) is 58.9 Å². The Morgan fingerprint density at radius 1 is 1.26 bits per heavy atom. The number of nitrogens with one attached hydrogen (secondary N) is 2. The van der Waals surface area contributed by atoms with Crippen LogP contribution in [0.2, 0.25) is 0 Å². The van der Waals surface area contributed by atoms with Crippen molar-refractivity contribution in [3.05, 3.63) is 41.7 Å². The highest BCUT2D eigenvalue weighted by Gasteiger charge is 2.16. The van der Waals surface area contributed by atoms with Crippen LogP contribution in [0.3, 0.4) is 0 Å². The van der Waals surface area contributed by atoms with E-state index < -0.39 is 5.97 Å². The van der Waals surface area contributed by atoms with Crippen molar-refractivity contribution in [2.75, 3.05) is 10.6 Å². The Balaban J connectivity index is 2.04. The maximum absolute atomic E-state index is 12.4. The molecule has 27 heavy (non-hydrogen) atoms. The van der Waals surface area contributed by atoms with E-state index in [0.717, 1.165) is 30.6 Å². The van der Waals surface area contributed by atoms with Crippen molar-refractivity contribution >= 4 is 23.4 Å². The summed E-state index contributed by atoms with van der Waals surface area (Å²) >= 11 is 0. The van der Waals surface area contributed by atoms with Crippen LogP contribution in [0.5, 0.6) is 0 Å². The molecule has 2 amide bonds. The zero-order valence-electron chi connectivity index (χ0n) is 16.2. The first-order valence-corrected chi connectivity index (χ1v) is 9.35. The van der Waals surface area contributed by atoms with Crippen LogP contribution >= 0.6 is 0 Å². The number of carbonyl (C=O) groups is 2. The fraction of sp³-hybridized carbons (Fsp3) is 0.450. The lowest BCUT2D eigenvalue weighted by molar-refractivity contribution is -0.136. The molecule has 2 rings (SSSR count). The molecule has 146 valence electrons. The number of anilines is 2. The molecule has 2 aromatic rings. The number of nitrogens with zero attached hydrogens (tertiary/aromatic N) is 2. The molecule has 0 saturated carbocycles. The summed E-state index contributed by atoms with van der Waals surface area (Å²) in [7, 11) is 0. The Labute approximate surface area is 159 Å². The summed E-state index contributed by atoms with van der Waals surface area (Å²) in [6, 6.07) is 6.87. The Bertz CT molecular complexity index is 783. The summed E-state index contributed by atoms with van der Waals surface area (Å²) < 4.78 is 1.95. The summed E-state index contributed by atoms with van der Waals surface area (Å²) in [6.45, 7) is 7.12. The van der Waals surface area contributed by atoms with Crippen LogP contribution in [-0.4, -0.2) is 26.9 Å². The molecule has 1 aromatic carbocycles. The van der Waals surface area contributed by atoms with Gasteiger partial charge in [-0.2, -0.15) is 5.10 Å². The largest absolute Gasteiger partial charge is 0.481 e. The maximum atomic E-state index is 12.4. The zero-order valence-corrected chi connectivity index (χ0v) is 16.2. The zero-order chi connectivity index (χ0) is 19.8. The van der Waals surface area contributed by atoms with Crippen LogP contribution in [0, 0.1) is 0 Å². The summed E-state index contributed by atoms with van der Waals surface area (Å²) in [4.78, 5) is 23.1. The Hall–Kier alpha value is -2.83. The van der Waals surface area contributed by atoms with E-state index in [-0.39, 0.29) is 18.4 Å². The van der Waals surface area contributed by atoms with Crippen LogP contribution in [0.1, 0.15) is 57.2 Å². The van der Waals surface area contributed by atoms with Gasteiger partial charge in [-0.05, 0) is 36.5 Å². The molecule has 0 fully saturated rings. The number of benzene rings is 1. The molecule has 0 radical (unpaired) electrons. The number of unbranched alkanes of at least 4 members (excludes halogenated alkanes) is 1. The fourth-order valence-corrected chi connectivity index (χ4v) is 2.93. The van der Waals surface area contributed by atoms with Crippen molar-refractivity contribution in [1.82, 2.24) is 9.78 Å². The Morgan fingerprint density at radius 3 is 2.70 bits per heavy atom. The smallest absolute Gasteiger partial charge is 0.323 e. The Kier molecular flexibility index (Phi) is 7.40. The number of carbonyl (C=O) groups excluding carboxylic acids is 1. The third kappa shape index (κ3) is 6.13. The molecule has 0 saturated heterocycles. The average molecular weight is 372 g/mol. The molecule has 7 nitrogen and oxygen atoms in total. The normalized spacial score (nSPS) is 10.8. The van der Waals surface area contributed by atoms with Gasteiger partial charge < -0.3 is 15.7 Å². The number of aliphatic carboxylic acids is 1. The van der Waals surface area contributed by atoms with Gasteiger partial charge in [0.05, 0.1) is 17.6 Å². The predicted octanol–water partition coefficient (Wildman–Crippen LogP) is 4.47. The van der Waals surface area contributed by atoms with Gasteiger partial charge in [0.1, 0.15) is 0 Å². The van der Waals surface area contributed by atoms with Gasteiger partial charge in [0.15, 0.2) is 0 Å². The van der Waals surface area contributed by atoms with Crippen molar-refractivity contribution in [3.8, 4) is 0 Å². The number of carboxylic acids is 1. The standard InChI is InChI=1S/C20H28N4O3/c1-4-5-11-24-19(14(2)3)17(13-21-24)23-20(27)22-16-8-6-7-15(12-16)9-10-18(25)26/h6-8,12-14H,4-5,9-11H2,1-3H3,(H,25,26)(H2,22,23,27). The fourth-order valence-electron chi connectivity index (χ4n) is 2.93. The summed E-state index contributed by atoms with van der Waals surface area (Å²) in [5, 5.41) is 18.9. The lowest BCUT2D eigenvalue weighted by atomic mass is 10.1. The van der Waals surface area contributed by atoms with E-state index in [9.17, 15) is 9.59 Å². The third-order valence-electron chi connectivity index (χ3n) is 4.21. The molecule has 1 aromatic heterocycles. The summed E-state index contributed by atoms with van der Waals surface area (Å²) in [5.41, 5.74) is 3.21. The van der Waals surface area contributed by atoms with Crippen molar-refractivity contribution in [2.24, 2.45) is 0 Å². The van der Waals surface area contributed by atoms with E-state index in [1.165, 1.54) is 0 Å². The van der Waals surface area contributed by atoms with Crippen molar-refractivity contribution in [1.29, 1.82) is 0 Å². The van der Waals surface area contributed by atoms with Crippen LogP contribution in [0.15, 0.2) is 30.5 Å². The van der Waals surface area contributed by atoms with Gasteiger partial charge >= 0.3 is 12.0 Å². The number of amides is 2. The van der Waals surface area contributed by atoms with Gasteiger partial charge in [-0.1, -0.05) is 39.3 Å². The number of urea groups is 1. The molecule has 0 bridgehead atoms. The monoisotopic (exact) mass is 372 g/mol. The van der Waals surface area contributed by atoms with Crippen molar-refractivity contribution < 1.29 is 14.7 Å². The highest BCUT2D eigenvalue weighted by atomic mass is 16.4. The quantitative estimate of drug-likeness (QED) is 0.605. The van der Waals surface area contributed by atoms with E-state index in [2.05, 4.69) is 36.5 Å². The van der Waals surface area contributed by atoms with E-state index in [1.807, 2.05) is 10.7 Å². The lowest BCUT2D eigenvalue weighted by Crippen LogP contribution is -2.20. The number of rotatable bonds is 9. The molecule has 0 atom stereocenters. The minimum absolute atomic E-state index is 0.0599. The van der Waals surface area contributed by atoms with Crippen LogP contribution in [0.25, 0.3) is 0 Å². The van der Waals surface area contributed by atoms with Gasteiger partial charge in [0, 0.05) is 18.7 Å². The molecular formula is C20H28N4O3. The maximum Gasteiger partial charge on any atom is 0.323 e. The van der Waals surface area contributed by atoms with E-state index in [4.69, 9.17) is 5.11 Å². The first-order chi connectivity index (χ1) is 12.9. The summed E-state index contributed by atoms with van der Waals surface area (Å²) in [6.07, 6.45) is 4.29. The molecule has 0 aliphatic rings. The second-order valence-corrected chi connectivity index (χ2v) is 6.85. The van der Waals surface area contributed by atoms with Gasteiger partial charge in [0.2, 0.25) is 0 Å². The van der Waals surface area contributed by atoms with Crippen molar-refractivity contribution in [3.63, 3.8) is 0 Å². The van der Waals surface area contributed by atoms with Crippen LogP contribution in [-0.2, 0) is 17.8 Å². The molecule has 3 N–H and O–H groups in total. The number of hydrogen-bond acceptors (Lipinski definition) is 3. The van der Waals surface area contributed by atoms with E-state index in [0.29, 0.717) is 17.8 Å². The third-order valence-corrected chi connectivity index (χ3v) is 4.21. The minimum atomic E-state index is -0.840. The molecule has 0 aliphatic carbocycles. The van der Waals surface area contributed by atoms with E-state index in [1.54, 1.807) is 24.4 Å². The first kappa shape index (κ1) is 20.5. The highest BCUT2D eigenvalue weighted by Crippen LogP contribution is 2.25.